The van der Waals surface area contributed by atoms with E-state index in [0.29, 0.717) is 0 Å². The van der Waals surface area contributed by atoms with Crippen molar-refractivity contribution < 1.29 is 66.4 Å². The molecule has 0 spiro atoms. The Hall–Kier alpha value is -0.900. The molecule has 0 aliphatic rings. The Morgan fingerprint density at radius 1 is 0.739 bits per heavy atom. The van der Waals surface area contributed by atoms with E-state index in [1.54, 1.807) is 0 Å². The minimum Gasteiger partial charge on any atom is -0.375 e. The fourth-order valence-corrected chi connectivity index (χ4v) is 1.48. The summed E-state index contributed by atoms with van der Waals surface area (Å²) in [5.74, 6) is -29.3. The predicted octanol–water partition coefficient (Wildman–Crippen LogP) is 2.69. The number of halogens is 11. The van der Waals surface area contributed by atoms with Crippen molar-refractivity contribution in [2.24, 2.45) is 0 Å². The van der Waals surface area contributed by atoms with Crippen LogP contribution < -0.4 is 0 Å². The molecule has 1 unspecified atom stereocenters. The van der Waals surface area contributed by atoms with Crippen molar-refractivity contribution >= 4 is 10.1 Å². The highest BCUT2D eigenvalue weighted by atomic mass is 32.2. The van der Waals surface area contributed by atoms with Crippen LogP contribution in [0.25, 0.3) is 0 Å². The molecule has 0 saturated heterocycles. The van der Waals surface area contributed by atoms with Gasteiger partial charge in [0.05, 0.1) is 6.42 Å². The van der Waals surface area contributed by atoms with E-state index < -0.39 is 51.8 Å². The first-order valence-corrected chi connectivity index (χ1v) is 6.35. The zero-order valence-electron chi connectivity index (χ0n) is 10.1. The summed E-state index contributed by atoms with van der Waals surface area (Å²) in [7, 11) is -5.92. The average Bonchev–Trinajstić information content (AvgIpc) is 2.24. The van der Waals surface area contributed by atoms with Gasteiger partial charge in [0.15, 0.2) is 5.44 Å². The number of hydrogen-bond acceptors (Lipinski definition) is 3. The smallest absolute Gasteiger partial charge is 0.375 e. The first kappa shape index (κ1) is 22.1. The summed E-state index contributed by atoms with van der Waals surface area (Å²) >= 11 is 0. The van der Waals surface area contributed by atoms with Gasteiger partial charge in [-0.15, -0.1) is 0 Å². The van der Waals surface area contributed by atoms with Crippen LogP contribution in [0.5, 0.6) is 0 Å². The van der Waals surface area contributed by atoms with E-state index in [1.807, 2.05) is 0 Å². The van der Waals surface area contributed by atoms with Crippen molar-refractivity contribution in [1.82, 2.24) is 0 Å². The third kappa shape index (κ3) is 3.62. The summed E-state index contributed by atoms with van der Waals surface area (Å²) in [4.78, 5) is 0. The van der Waals surface area contributed by atoms with Crippen LogP contribution in [0.4, 0.5) is 48.3 Å². The Kier molecular flexibility index (Phi) is 5.36. The molecular formula is C7H5F11O4S. The van der Waals surface area contributed by atoms with Gasteiger partial charge < -0.3 is 5.11 Å². The quantitative estimate of drug-likeness (QED) is 0.537. The van der Waals surface area contributed by atoms with Gasteiger partial charge in [0.25, 0.3) is 10.1 Å². The Morgan fingerprint density at radius 2 is 1.09 bits per heavy atom. The highest BCUT2D eigenvalue weighted by Crippen LogP contribution is 2.58. The lowest BCUT2D eigenvalue weighted by molar-refractivity contribution is -0.423. The fourth-order valence-electron chi connectivity index (χ4n) is 1.06. The van der Waals surface area contributed by atoms with E-state index in [4.69, 9.17) is 9.66 Å². The van der Waals surface area contributed by atoms with E-state index in [0.717, 1.165) is 0 Å². The van der Waals surface area contributed by atoms with Gasteiger partial charge in [-0.25, -0.2) is 0 Å². The van der Waals surface area contributed by atoms with Gasteiger partial charge in [0, 0.05) is 0 Å². The van der Waals surface area contributed by atoms with E-state index >= 15 is 0 Å². The second kappa shape index (κ2) is 5.58. The SMILES string of the molecule is O=S(=O)(O)C(O)CC(F)(F)C(F)(F)C(F)(F)C(F)(F)C(F)(F)F. The normalized spacial score (nSPS) is 17.3. The molecule has 0 aliphatic carbocycles. The van der Waals surface area contributed by atoms with Gasteiger partial charge in [-0.2, -0.15) is 56.7 Å². The second-order valence-electron chi connectivity index (χ2n) is 4.10. The van der Waals surface area contributed by atoms with Gasteiger partial charge in [0.1, 0.15) is 0 Å². The van der Waals surface area contributed by atoms with Gasteiger partial charge in [0.2, 0.25) is 0 Å². The van der Waals surface area contributed by atoms with Crippen molar-refractivity contribution in [3.8, 4) is 0 Å². The van der Waals surface area contributed by atoms with Crippen LogP contribution in [-0.4, -0.2) is 53.4 Å². The Morgan fingerprint density at radius 3 is 1.35 bits per heavy atom. The topological polar surface area (TPSA) is 74.6 Å². The van der Waals surface area contributed by atoms with Gasteiger partial charge >= 0.3 is 29.9 Å². The molecule has 0 rings (SSSR count). The predicted molar refractivity (Wildman–Crippen MR) is 48.0 cm³/mol. The highest BCUT2D eigenvalue weighted by molar-refractivity contribution is 7.86. The second-order valence-corrected chi connectivity index (χ2v) is 5.67. The molecule has 4 nitrogen and oxygen atoms in total. The molecule has 0 bridgehead atoms. The zero-order valence-corrected chi connectivity index (χ0v) is 10.9. The van der Waals surface area contributed by atoms with E-state index in [2.05, 4.69) is 0 Å². The summed E-state index contributed by atoms with van der Waals surface area (Å²) in [5, 5.41) is 8.41. The summed E-state index contributed by atoms with van der Waals surface area (Å²) in [6.45, 7) is 0. The summed E-state index contributed by atoms with van der Waals surface area (Å²) < 4.78 is 165. The van der Waals surface area contributed by atoms with Gasteiger partial charge in [-0.1, -0.05) is 0 Å². The highest BCUT2D eigenvalue weighted by Gasteiger charge is 2.87. The Balaban J connectivity index is 5.95. The fraction of sp³-hybridized carbons (Fsp3) is 1.00. The first-order chi connectivity index (χ1) is 9.63. The summed E-state index contributed by atoms with van der Waals surface area (Å²) in [6.07, 6.45) is -10.6. The molecule has 23 heavy (non-hydrogen) atoms. The van der Waals surface area contributed by atoms with Crippen molar-refractivity contribution in [1.29, 1.82) is 0 Å². The van der Waals surface area contributed by atoms with Crippen LogP contribution in [0.3, 0.4) is 0 Å². The molecular weight excluding hydrogens is 389 g/mol. The third-order valence-corrected chi connectivity index (χ3v) is 3.23. The third-order valence-electron chi connectivity index (χ3n) is 2.38. The van der Waals surface area contributed by atoms with Crippen LogP contribution in [0.15, 0.2) is 0 Å². The van der Waals surface area contributed by atoms with E-state index in [1.165, 1.54) is 0 Å². The minimum atomic E-state index is -7.71. The van der Waals surface area contributed by atoms with Crippen LogP contribution >= 0.6 is 0 Å². The summed E-state index contributed by atoms with van der Waals surface area (Å²) in [5.41, 5.74) is -3.85. The maximum Gasteiger partial charge on any atom is 0.460 e. The van der Waals surface area contributed by atoms with Crippen molar-refractivity contribution in [2.45, 2.75) is 41.7 Å². The lowest BCUT2D eigenvalue weighted by Crippen LogP contribution is -2.66. The van der Waals surface area contributed by atoms with Crippen molar-refractivity contribution in [2.75, 3.05) is 0 Å². The van der Waals surface area contributed by atoms with Crippen molar-refractivity contribution in [3.05, 3.63) is 0 Å². The lowest BCUT2D eigenvalue weighted by Gasteiger charge is -2.37. The van der Waals surface area contributed by atoms with Crippen LogP contribution in [0, 0.1) is 0 Å². The van der Waals surface area contributed by atoms with E-state index in [9.17, 15) is 56.7 Å². The molecule has 0 fully saturated rings. The maximum atomic E-state index is 12.9. The Labute approximate surface area is 119 Å². The molecule has 0 aromatic carbocycles. The van der Waals surface area contributed by atoms with Crippen LogP contribution in [0.1, 0.15) is 6.42 Å². The molecule has 1 atom stereocenters. The zero-order chi connectivity index (χ0) is 19.3. The first-order valence-electron chi connectivity index (χ1n) is 4.85. The monoisotopic (exact) mass is 394 g/mol. The Bertz CT molecular complexity index is 537. The summed E-state index contributed by atoms with van der Waals surface area (Å²) in [6, 6.07) is 0. The molecule has 0 aromatic heterocycles. The molecule has 0 heterocycles. The molecule has 2 N–H and O–H groups in total. The standard InChI is InChI=1S/C7H5F11O4S/c8-3(9,1-2(19)23(20,21)22)4(10,11)5(12,13)6(14,15)7(16,17)18/h2,19H,1H2,(H,20,21,22). The molecule has 0 aromatic rings. The van der Waals surface area contributed by atoms with Gasteiger partial charge in [-0.3, -0.25) is 4.55 Å². The lowest BCUT2D eigenvalue weighted by atomic mass is 9.96. The molecule has 0 aliphatic heterocycles. The molecule has 0 amide bonds. The van der Waals surface area contributed by atoms with E-state index in [-0.39, 0.29) is 0 Å². The van der Waals surface area contributed by atoms with Crippen LogP contribution in [0.2, 0.25) is 0 Å². The van der Waals surface area contributed by atoms with Crippen molar-refractivity contribution in [3.63, 3.8) is 0 Å². The van der Waals surface area contributed by atoms with Crippen LogP contribution in [-0.2, 0) is 10.1 Å². The average molecular weight is 394 g/mol. The number of aliphatic hydroxyl groups excluding tert-OH is 1. The number of hydrogen-bond donors (Lipinski definition) is 2. The maximum absolute atomic E-state index is 12.9. The molecule has 0 saturated carbocycles. The molecule has 16 heteroatoms. The molecule has 140 valence electrons. The number of rotatable bonds is 6. The largest absolute Gasteiger partial charge is 0.460 e. The number of aliphatic hydroxyl groups is 1. The minimum absolute atomic E-state index is 3.28. The molecule has 0 radical (unpaired) electrons. The van der Waals surface area contributed by atoms with Gasteiger partial charge in [-0.05, 0) is 0 Å². The number of alkyl halides is 11.